The van der Waals surface area contributed by atoms with Crippen molar-refractivity contribution in [3.63, 3.8) is 0 Å². The van der Waals surface area contributed by atoms with E-state index in [9.17, 15) is 4.79 Å². The lowest BCUT2D eigenvalue weighted by Crippen LogP contribution is -2.14. The van der Waals surface area contributed by atoms with Gasteiger partial charge in [0.2, 0.25) is 0 Å². The Hall–Kier alpha value is -3.24. The Morgan fingerprint density at radius 2 is 1.96 bits per heavy atom. The second kappa shape index (κ2) is 10.5. The molecule has 0 bridgehead atoms. The molecule has 0 unspecified atom stereocenters. The number of nitrogens with zero attached hydrogens (tertiary/aromatic N) is 1. The third-order valence-corrected chi connectivity index (χ3v) is 2.97. The summed E-state index contributed by atoms with van der Waals surface area (Å²) in [5.74, 6) is 11.5. The Bertz CT molecular complexity index is 750. The largest absolute Gasteiger partial charge is 0.449 e. The third-order valence-electron chi connectivity index (χ3n) is 2.97. The maximum Gasteiger partial charge on any atom is 0.411 e. The molecule has 0 aliphatic heterocycles. The summed E-state index contributed by atoms with van der Waals surface area (Å²) < 4.78 is 5.10. The zero-order valence-corrected chi connectivity index (χ0v) is 13.3. The van der Waals surface area contributed by atoms with Crippen molar-refractivity contribution in [2.24, 2.45) is 0 Å². The molecule has 120 valence electrons. The number of nitrogens with one attached hydrogen (secondary N) is 1. The zero-order chi connectivity index (χ0) is 16.9. The molecular formula is C20H18N2O2. The first-order chi connectivity index (χ1) is 11.8. The Kier molecular flexibility index (Phi) is 7.48. The number of anilines is 1. The summed E-state index contributed by atoms with van der Waals surface area (Å²) in [6, 6.07) is 12.9. The third kappa shape index (κ3) is 7.15. The Labute approximate surface area is 142 Å². The smallest absolute Gasteiger partial charge is 0.411 e. The van der Waals surface area contributed by atoms with Gasteiger partial charge < -0.3 is 4.74 Å². The Balaban J connectivity index is 1.55. The predicted molar refractivity (Wildman–Crippen MR) is 94.2 cm³/mol. The summed E-state index contributed by atoms with van der Waals surface area (Å²) in [6.45, 7) is 0.377. The van der Waals surface area contributed by atoms with E-state index in [1.807, 2.05) is 42.5 Å². The number of hydrogen-bond acceptors (Lipinski definition) is 3. The Morgan fingerprint density at radius 1 is 1.08 bits per heavy atom. The predicted octanol–water partition coefficient (Wildman–Crippen LogP) is 3.86. The molecule has 1 heterocycles. The van der Waals surface area contributed by atoms with Gasteiger partial charge in [0, 0.05) is 30.1 Å². The average Bonchev–Trinajstić information content (AvgIpc) is 2.62. The van der Waals surface area contributed by atoms with Crippen molar-refractivity contribution < 1.29 is 9.53 Å². The fraction of sp³-hybridized carbons (Fsp3) is 0.200. The minimum atomic E-state index is -0.436. The summed E-state index contributed by atoms with van der Waals surface area (Å²) in [5, 5.41) is 2.66. The van der Waals surface area contributed by atoms with Crippen LogP contribution in [0, 0.1) is 23.7 Å². The van der Waals surface area contributed by atoms with Gasteiger partial charge in [0.05, 0.1) is 6.61 Å². The minimum absolute atomic E-state index is 0.377. The Morgan fingerprint density at radius 3 is 2.75 bits per heavy atom. The topological polar surface area (TPSA) is 51.2 Å². The first-order valence-corrected chi connectivity index (χ1v) is 7.72. The number of carbonyl (C=O) groups is 1. The van der Waals surface area contributed by atoms with Crippen LogP contribution in [0.4, 0.5) is 10.5 Å². The SMILES string of the molecule is O=C(Nc1ccccc1)OCCCCC#CC#Cc1cccnc1. The highest BCUT2D eigenvalue weighted by Crippen LogP contribution is 2.05. The molecule has 0 fully saturated rings. The quantitative estimate of drug-likeness (QED) is 0.673. The highest BCUT2D eigenvalue weighted by molar-refractivity contribution is 5.84. The van der Waals surface area contributed by atoms with Crippen molar-refractivity contribution in [3.05, 3.63) is 60.4 Å². The number of para-hydroxylation sites is 1. The van der Waals surface area contributed by atoms with Crippen LogP contribution in [0.2, 0.25) is 0 Å². The summed E-state index contributed by atoms with van der Waals surface area (Å²) >= 11 is 0. The van der Waals surface area contributed by atoms with Crippen LogP contribution in [0.15, 0.2) is 54.9 Å². The molecule has 2 aromatic rings. The summed E-state index contributed by atoms with van der Waals surface area (Å²) in [7, 11) is 0. The summed E-state index contributed by atoms with van der Waals surface area (Å²) in [6.07, 6.45) is 5.33. The van der Waals surface area contributed by atoms with Crippen LogP contribution in [-0.4, -0.2) is 17.7 Å². The lowest BCUT2D eigenvalue weighted by Gasteiger charge is -2.05. The van der Waals surface area contributed by atoms with Crippen molar-refractivity contribution in [1.82, 2.24) is 4.98 Å². The van der Waals surface area contributed by atoms with E-state index in [2.05, 4.69) is 34.0 Å². The molecule has 1 aromatic heterocycles. The first kappa shape index (κ1) is 17.1. The van der Waals surface area contributed by atoms with E-state index in [1.54, 1.807) is 12.4 Å². The van der Waals surface area contributed by atoms with Gasteiger partial charge >= 0.3 is 6.09 Å². The van der Waals surface area contributed by atoms with E-state index in [4.69, 9.17) is 4.74 Å². The van der Waals surface area contributed by atoms with E-state index >= 15 is 0 Å². The number of rotatable bonds is 5. The maximum atomic E-state index is 11.5. The monoisotopic (exact) mass is 318 g/mol. The highest BCUT2D eigenvalue weighted by atomic mass is 16.5. The molecule has 4 nitrogen and oxygen atoms in total. The van der Waals surface area contributed by atoms with Gasteiger partial charge in [-0.05, 0) is 48.9 Å². The molecule has 1 amide bonds. The molecule has 0 atom stereocenters. The number of aromatic nitrogens is 1. The number of amides is 1. The van der Waals surface area contributed by atoms with E-state index in [1.165, 1.54) is 0 Å². The molecule has 24 heavy (non-hydrogen) atoms. The van der Waals surface area contributed by atoms with Gasteiger partial charge in [-0.2, -0.15) is 0 Å². The van der Waals surface area contributed by atoms with Crippen LogP contribution in [-0.2, 0) is 4.74 Å². The van der Waals surface area contributed by atoms with E-state index in [-0.39, 0.29) is 0 Å². The molecule has 0 aliphatic rings. The fourth-order valence-electron chi connectivity index (χ4n) is 1.80. The highest BCUT2D eigenvalue weighted by Gasteiger charge is 2.01. The number of unbranched alkanes of at least 4 members (excludes halogenated alkanes) is 2. The van der Waals surface area contributed by atoms with Gasteiger partial charge in [-0.1, -0.05) is 30.0 Å². The molecule has 1 N–H and O–H groups in total. The number of carbonyl (C=O) groups excluding carboxylic acids is 1. The van der Waals surface area contributed by atoms with E-state index in [0.717, 1.165) is 30.5 Å². The van der Waals surface area contributed by atoms with E-state index in [0.29, 0.717) is 6.61 Å². The number of pyridine rings is 1. The van der Waals surface area contributed by atoms with Crippen LogP contribution in [0.3, 0.4) is 0 Å². The van der Waals surface area contributed by atoms with Crippen molar-refractivity contribution in [3.8, 4) is 23.7 Å². The molecular weight excluding hydrogens is 300 g/mol. The van der Waals surface area contributed by atoms with Crippen molar-refractivity contribution in [2.75, 3.05) is 11.9 Å². The average molecular weight is 318 g/mol. The second-order valence-electron chi connectivity index (χ2n) is 4.88. The molecule has 0 saturated carbocycles. The number of benzene rings is 1. The fourth-order valence-corrected chi connectivity index (χ4v) is 1.80. The van der Waals surface area contributed by atoms with Crippen molar-refractivity contribution in [2.45, 2.75) is 19.3 Å². The standard InChI is InChI=1S/C20H18N2O2/c23-20(22-19-13-7-5-8-14-19)24-16-9-4-2-1-3-6-11-18-12-10-15-21-17-18/h5,7-8,10,12-15,17H,2,4,9,16H2,(H,22,23). The van der Waals surface area contributed by atoms with Crippen LogP contribution >= 0.6 is 0 Å². The van der Waals surface area contributed by atoms with Crippen molar-refractivity contribution in [1.29, 1.82) is 0 Å². The first-order valence-electron chi connectivity index (χ1n) is 7.72. The maximum absolute atomic E-state index is 11.5. The zero-order valence-electron chi connectivity index (χ0n) is 13.3. The van der Waals surface area contributed by atoms with Crippen LogP contribution in [0.25, 0.3) is 0 Å². The van der Waals surface area contributed by atoms with Gasteiger partial charge in [-0.25, -0.2) is 4.79 Å². The lowest BCUT2D eigenvalue weighted by molar-refractivity contribution is 0.159. The summed E-state index contributed by atoms with van der Waals surface area (Å²) in [5.41, 5.74) is 1.57. The van der Waals surface area contributed by atoms with Gasteiger partial charge in [0.15, 0.2) is 0 Å². The molecule has 0 radical (unpaired) electrons. The van der Waals surface area contributed by atoms with Gasteiger partial charge in [-0.3, -0.25) is 10.3 Å². The van der Waals surface area contributed by atoms with Crippen LogP contribution in [0.1, 0.15) is 24.8 Å². The minimum Gasteiger partial charge on any atom is -0.449 e. The molecule has 2 rings (SSSR count). The van der Waals surface area contributed by atoms with Gasteiger partial charge in [0.25, 0.3) is 0 Å². The van der Waals surface area contributed by atoms with Gasteiger partial charge in [-0.15, -0.1) is 0 Å². The summed E-state index contributed by atoms with van der Waals surface area (Å²) in [4.78, 5) is 15.5. The number of ether oxygens (including phenoxy) is 1. The van der Waals surface area contributed by atoms with Crippen LogP contribution < -0.4 is 5.32 Å². The van der Waals surface area contributed by atoms with Crippen LogP contribution in [0.5, 0.6) is 0 Å². The molecule has 0 aliphatic carbocycles. The molecule has 0 saturated heterocycles. The second-order valence-corrected chi connectivity index (χ2v) is 4.88. The normalized spacial score (nSPS) is 9.00. The van der Waals surface area contributed by atoms with Crippen molar-refractivity contribution >= 4 is 11.8 Å². The number of hydrogen-bond donors (Lipinski definition) is 1. The molecule has 4 heteroatoms. The molecule has 0 spiro atoms. The molecule has 1 aromatic carbocycles. The van der Waals surface area contributed by atoms with E-state index < -0.39 is 6.09 Å². The van der Waals surface area contributed by atoms with Gasteiger partial charge in [0.1, 0.15) is 0 Å². The lowest BCUT2D eigenvalue weighted by atomic mass is 10.2.